The van der Waals surface area contributed by atoms with Crippen molar-refractivity contribution < 1.29 is 13.9 Å². The van der Waals surface area contributed by atoms with Crippen LogP contribution in [0.2, 0.25) is 0 Å². The van der Waals surface area contributed by atoms with Gasteiger partial charge in [0.2, 0.25) is 11.7 Å². The molecule has 2 aromatic heterocycles. The number of thiazole rings is 1. The van der Waals surface area contributed by atoms with Crippen molar-refractivity contribution in [1.82, 2.24) is 9.97 Å². The average Bonchev–Trinajstić information content (AvgIpc) is 2.86. The van der Waals surface area contributed by atoms with Crippen LogP contribution in [0.5, 0.6) is 0 Å². The molecule has 16 heavy (non-hydrogen) atoms. The second-order valence-corrected chi connectivity index (χ2v) is 3.91. The predicted molar refractivity (Wildman–Crippen MR) is 58.3 cm³/mol. The molecule has 2 heterocycles. The third-order valence-corrected chi connectivity index (χ3v) is 2.66. The van der Waals surface area contributed by atoms with Gasteiger partial charge < -0.3 is 9.15 Å². The molecule has 84 valence electrons. The summed E-state index contributed by atoms with van der Waals surface area (Å²) in [5.41, 5.74) is 2.21. The molecule has 0 aromatic carbocycles. The normalized spacial score (nSPS) is 10.4. The molecule has 6 heteroatoms. The van der Waals surface area contributed by atoms with Crippen molar-refractivity contribution in [3.8, 4) is 10.8 Å². The van der Waals surface area contributed by atoms with E-state index < -0.39 is 5.97 Å². The minimum atomic E-state index is -0.483. The van der Waals surface area contributed by atoms with Crippen LogP contribution in [0.25, 0.3) is 10.8 Å². The molecular formula is C10H10N2O3S. The summed E-state index contributed by atoms with van der Waals surface area (Å²) in [6.07, 6.45) is 1.64. The molecule has 0 aliphatic heterocycles. The van der Waals surface area contributed by atoms with Crippen LogP contribution in [-0.4, -0.2) is 22.5 Å². The number of carbonyl (C=O) groups is 1. The summed E-state index contributed by atoms with van der Waals surface area (Å²) in [5, 5.41) is 0. The molecule has 0 N–H and O–H groups in total. The zero-order valence-corrected chi connectivity index (χ0v) is 9.71. The zero-order valence-electron chi connectivity index (χ0n) is 8.89. The summed E-state index contributed by atoms with van der Waals surface area (Å²) in [7, 11) is 0. The number of esters is 1. The Kier molecular flexibility index (Phi) is 3.00. The molecule has 0 aliphatic rings. The lowest BCUT2D eigenvalue weighted by atomic mass is 10.4. The molecule has 5 nitrogen and oxygen atoms in total. The summed E-state index contributed by atoms with van der Waals surface area (Å²) in [6.45, 7) is 3.77. The van der Waals surface area contributed by atoms with Gasteiger partial charge in [-0.25, -0.2) is 9.78 Å². The fourth-order valence-electron chi connectivity index (χ4n) is 1.21. The maximum absolute atomic E-state index is 11.5. The molecular weight excluding hydrogens is 228 g/mol. The molecule has 2 aromatic rings. The molecule has 0 spiro atoms. The lowest BCUT2D eigenvalue weighted by Gasteiger charge is -1.96. The largest absolute Gasteiger partial charge is 0.460 e. The van der Waals surface area contributed by atoms with E-state index in [1.807, 2.05) is 0 Å². The Morgan fingerprint density at radius 2 is 2.44 bits per heavy atom. The van der Waals surface area contributed by atoms with E-state index in [1.165, 1.54) is 11.3 Å². The maximum Gasteiger partial charge on any atom is 0.376 e. The standard InChI is InChI=1S/C10H10N2O3S/c1-3-14-10(13)8-6(2)12-9(15-8)7-4-11-5-16-7/h4-5H,3H2,1-2H3. The van der Waals surface area contributed by atoms with Gasteiger partial charge in [0, 0.05) is 0 Å². The summed E-state index contributed by atoms with van der Waals surface area (Å²) < 4.78 is 10.2. The van der Waals surface area contributed by atoms with Gasteiger partial charge in [-0.2, -0.15) is 0 Å². The van der Waals surface area contributed by atoms with Crippen LogP contribution in [0.15, 0.2) is 16.1 Å². The fraction of sp³-hybridized carbons (Fsp3) is 0.300. The van der Waals surface area contributed by atoms with E-state index in [9.17, 15) is 4.79 Å². The number of aryl methyl sites for hydroxylation is 1. The highest BCUT2D eigenvalue weighted by Gasteiger charge is 2.19. The van der Waals surface area contributed by atoms with Crippen molar-refractivity contribution in [2.45, 2.75) is 13.8 Å². The van der Waals surface area contributed by atoms with Crippen LogP contribution < -0.4 is 0 Å². The first-order chi connectivity index (χ1) is 7.72. The Bertz CT molecular complexity index is 490. The molecule has 0 unspecified atom stereocenters. The third kappa shape index (κ3) is 1.96. The fourth-order valence-corrected chi connectivity index (χ4v) is 1.75. The van der Waals surface area contributed by atoms with Gasteiger partial charge in [-0.3, -0.25) is 4.98 Å². The van der Waals surface area contributed by atoms with Crippen LogP contribution in [0.4, 0.5) is 0 Å². The lowest BCUT2D eigenvalue weighted by Crippen LogP contribution is -2.04. The Morgan fingerprint density at radius 1 is 1.62 bits per heavy atom. The highest BCUT2D eigenvalue weighted by molar-refractivity contribution is 7.13. The van der Waals surface area contributed by atoms with Crippen molar-refractivity contribution in [1.29, 1.82) is 0 Å². The van der Waals surface area contributed by atoms with E-state index >= 15 is 0 Å². The zero-order chi connectivity index (χ0) is 11.5. The van der Waals surface area contributed by atoms with E-state index in [0.29, 0.717) is 18.2 Å². The van der Waals surface area contributed by atoms with Gasteiger partial charge in [-0.1, -0.05) is 0 Å². The van der Waals surface area contributed by atoms with Crippen molar-refractivity contribution >= 4 is 17.3 Å². The molecule has 0 saturated heterocycles. The number of hydrogen-bond donors (Lipinski definition) is 0. The second-order valence-electron chi connectivity index (χ2n) is 3.02. The molecule has 2 rings (SSSR count). The van der Waals surface area contributed by atoms with Gasteiger partial charge in [0.05, 0.1) is 24.0 Å². The van der Waals surface area contributed by atoms with E-state index in [0.717, 1.165) is 4.88 Å². The molecule has 0 bridgehead atoms. The summed E-state index contributed by atoms with van der Waals surface area (Å²) in [5.74, 6) is 0.0802. The Morgan fingerprint density at radius 3 is 3.06 bits per heavy atom. The first kappa shape index (κ1) is 10.8. The van der Waals surface area contributed by atoms with E-state index in [4.69, 9.17) is 9.15 Å². The first-order valence-corrected chi connectivity index (χ1v) is 5.63. The molecule has 0 saturated carbocycles. The number of nitrogens with zero attached hydrogens (tertiary/aromatic N) is 2. The van der Waals surface area contributed by atoms with E-state index in [1.54, 1.807) is 25.6 Å². The quantitative estimate of drug-likeness (QED) is 0.767. The van der Waals surface area contributed by atoms with E-state index in [2.05, 4.69) is 9.97 Å². The summed E-state index contributed by atoms with van der Waals surface area (Å²) in [6, 6.07) is 0. The van der Waals surface area contributed by atoms with Gasteiger partial charge in [-0.05, 0) is 13.8 Å². The minimum Gasteiger partial charge on any atom is -0.460 e. The number of ether oxygens (including phenoxy) is 1. The van der Waals surface area contributed by atoms with Crippen molar-refractivity contribution in [2.24, 2.45) is 0 Å². The van der Waals surface area contributed by atoms with Crippen LogP contribution in [0, 0.1) is 6.92 Å². The number of oxazole rings is 1. The van der Waals surface area contributed by atoms with Crippen LogP contribution in [0.1, 0.15) is 23.2 Å². The monoisotopic (exact) mass is 238 g/mol. The number of carbonyl (C=O) groups excluding carboxylic acids is 1. The van der Waals surface area contributed by atoms with Crippen molar-refractivity contribution in [3.05, 3.63) is 23.2 Å². The molecule has 0 radical (unpaired) electrons. The predicted octanol–water partition coefficient (Wildman–Crippen LogP) is 2.28. The lowest BCUT2D eigenvalue weighted by molar-refractivity contribution is 0.0490. The third-order valence-electron chi connectivity index (χ3n) is 1.90. The van der Waals surface area contributed by atoms with Gasteiger partial charge in [-0.15, -0.1) is 11.3 Å². The topological polar surface area (TPSA) is 65.2 Å². The highest BCUT2D eigenvalue weighted by Crippen LogP contribution is 2.25. The maximum atomic E-state index is 11.5. The average molecular weight is 238 g/mol. The molecule has 0 atom stereocenters. The summed E-state index contributed by atoms with van der Waals surface area (Å²) >= 11 is 1.40. The number of hydrogen-bond acceptors (Lipinski definition) is 6. The van der Waals surface area contributed by atoms with Gasteiger partial charge in [0.15, 0.2) is 0 Å². The Labute approximate surface area is 96.1 Å². The number of aromatic nitrogens is 2. The van der Waals surface area contributed by atoms with E-state index in [-0.39, 0.29) is 5.76 Å². The van der Waals surface area contributed by atoms with Crippen molar-refractivity contribution in [3.63, 3.8) is 0 Å². The minimum absolute atomic E-state index is 0.158. The highest BCUT2D eigenvalue weighted by atomic mass is 32.1. The second kappa shape index (κ2) is 4.44. The van der Waals surface area contributed by atoms with Gasteiger partial charge in [0.1, 0.15) is 4.88 Å². The van der Waals surface area contributed by atoms with Crippen LogP contribution in [-0.2, 0) is 4.74 Å². The molecule has 0 amide bonds. The Hall–Kier alpha value is -1.69. The van der Waals surface area contributed by atoms with Gasteiger partial charge >= 0.3 is 5.97 Å². The van der Waals surface area contributed by atoms with Crippen LogP contribution in [0.3, 0.4) is 0 Å². The number of rotatable bonds is 3. The Balaban J connectivity index is 2.32. The van der Waals surface area contributed by atoms with Crippen molar-refractivity contribution in [2.75, 3.05) is 6.61 Å². The van der Waals surface area contributed by atoms with Crippen LogP contribution >= 0.6 is 11.3 Å². The van der Waals surface area contributed by atoms with Gasteiger partial charge in [0.25, 0.3) is 0 Å². The molecule has 0 fully saturated rings. The SMILES string of the molecule is CCOC(=O)c1oc(-c2cncs2)nc1C. The first-order valence-electron chi connectivity index (χ1n) is 4.75. The smallest absolute Gasteiger partial charge is 0.376 e. The molecule has 0 aliphatic carbocycles. The summed E-state index contributed by atoms with van der Waals surface area (Å²) in [4.78, 5) is 20.4.